The summed E-state index contributed by atoms with van der Waals surface area (Å²) in [6.45, 7) is 0. The molecule has 0 bridgehead atoms. The molecule has 0 fully saturated rings. The molecule has 0 radical (unpaired) electrons. The summed E-state index contributed by atoms with van der Waals surface area (Å²) in [5.74, 6) is -0.927. The van der Waals surface area contributed by atoms with Crippen LogP contribution in [0.5, 0.6) is 0 Å². The van der Waals surface area contributed by atoms with Crippen LogP contribution in [0.4, 0.5) is 8.78 Å². The normalized spacial score (nSPS) is 12.3. The quantitative estimate of drug-likeness (QED) is 0.449. The van der Waals surface area contributed by atoms with Gasteiger partial charge in [-0.2, -0.15) is 0 Å². The lowest BCUT2D eigenvalue weighted by atomic mass is 9.95. The Morgan fingerprint density at radius 3 is 2.63 bits per heavy atom. The van der Waals surface area contributed by atoms with E-state index >= 15 is 0 Å². The van der Waals surface area contributed by atoms with Crippen molar-refractivity contribution in [3.63, 3.8) is 0 Å². The highest BCUT2D eigenvalue weighted by Crippen LogP contribution is 2.45. The van der Waals surface area contributed by atoms with Crippen LogP contribution in [-0.2, 0) is 0 Å². The Labute approximate surface area is 162 Å². The minimum atomic E-state index is -1.08. The van der Waals surface area contributed by atoms with E-state index in [1.165, 1.54) is 29.7 Å². The molecule has 0 aliphatic rings. The van der Waals surface area contributed by atoms with E-state index in [1.54, 1.807) is 35.8 Å². The molecule has 0 spiro atoms. The van der Waals surface area contributed by atoms with Crippen molar-refractivity contribution in [2.45, 2.75) is 6.10 Å². The third kappa shape index (κ3) is 3.39. The van der Waals surface area contributed by atoms with Gasteiger partial charge in [-0.3, -0.25) is 4.98 Å². The number of furan rings is 1. The Hall–Kier alpha value is -2.54. The third-order valence-corrected chi connectivity index (χ3v) is 5.35. The molecule has 1 unspecified atom stereocenters. The molecule has 3 aromatic heterocycles. The maximum atomic E-state index is 14.4. The van der Waals surface area contributed by atoms with Crippen molar-refractivity contribution in [2.24, 2.45) is 0 Å². The van der Waals surface area contributed by atoms with Gasteiger partial charge in [0.15, 0.2) is 5.22 Å². The molecule has 1 atom stereocenters. The first-order valence-corrected chi connectivity index (χ1v) is 9.21. The first-order valence-electron chi connectivity index (χ1n) is 7.95. The second-order valence-corrected chi connectivity index (χ2v) is 7.06. The van der Waals surface area contributed by atoms with Crippen LogP contribution >= 0.6 is 22.9 Å². The van der Waals surface area contributed by atoms with Crippen molar-refractivity contribution in [1.29, 1.82) is 0 Å². The van der Waals surface area contributed by atoms with E-state index in [0.29, 0.717) is 27.3 Å². The Morgan fingerprint density at radius 2 is 1.96 bits per heavy atom. The molecule has 4 rings (SSSR count). The molecule has 136 valence electrons. The van der Waals surface area contributed by atoms with E-state index in [4.69, 9.17) is 16.0 Å². The van der Waals surface area contributed by atoms with Gasteiger partial charge in [-0.25, -0.2) is 8.78 Å². The highest BCUT2D eigenvalue weighted by molar-refractivity contribution is 7.14. The van der Waals surface area contributed by atoms with Crippen LogP contribution in [0.3, 0.4) is 0 Å². The molecule has 7 heteroatoms. The maximum Gasteiger partial charge on any atom is 0.193 e. The topological polar surface area (TPSA) is 46.3 Å². The summed E-state index contributed by atoms with van der Waals surface area (Å²) in [7, 11) is 0. The van der Waals surface area contributed by atoms with E-state index in [9.17, 15) is 13.9 Å². The molecule has 3 heterocycles. The van der Waals surface area contributed by atoms with E-state index in [2.05, 4.69) is 4.98 Å². The zero-order valence-electron chi connectivity index (χ0n) is 13.7. The Balaban J connectivity index is 1.93. The number of rotatable bonds is 4. The first kappa shape index (κ1) is 17.9. The van der Waals surface area contributed by atoms with Crippen LogP contribution < -0.4 is 0 Å². The summed E-state index contributed by atoms with van der Waals surface area (Å²) in [6, 6.07) is 10.0. The van der Waals surface area contributed by atoms with Gasteiger partial charge in [-0.15, -0.1) is 11.3 Å². The molecule has 3 nitrogen and oxygen atoms in total. The van der Waals surface area contributed by atoms with Crippen molar-refractivity contribution in [2.75, 3.05) is 0 Å². The second-order valence-electron chi connectivity index (χ2n) is 5.81. The number of nitrogens with zero attached hydrogens (tertiary/aromatic N) is 1. The molecule has 0 aliphatic heterocycles. The van der Waals surface area contributed by atoms with Crippen LogP contribution in [-0.4, -0.2) is 10.1 Å². The molecule has 27 heavy (non-hydrogen) atoms. The number of halogens is 3. The van der Waals surface area contributed by atoms with Crippen molar-refractivity contribution < 1.29 is 18.3 Å². The fraction of sp³-hybridized carbons (Fsp3) is 0.0500. The summed E-state index contributed by atoms with van der Waals surface area (Å²) in [4.78, 5) is 4.51. The highest BCUT2D eigenvalue weighted by atomic mass is 35.5. The summed E-state index contributed by atoms with van der Waals surface area (Å²) < 4.78 is 33.2. The lowest BCUT2D eigenvalue weighted by molar-refractivity contribution is 0.221. The molecule has 0 saturated heterocycles. The van der Waals surface area contributed by atoms with Crippen LogP contribution in [0.25, 0.3) is 21.8 Å². The van der Waals surface area contributed by atoms with E-state index < -0.39 is 17.7 Å². The van der Waals surface area contributed by atoms with Crippen molar-refractivity contribution in [1.82, 2.24) is 4.98 Å². The largest absolute Gasteiger partial charge is 0.445 e. The van der Waals surface area contributed by atoms with E-state index in [1.807, 2.05) is 0 Å². The van der Waals surface area contributed by atoms with Gasteiger partial charge in [0.2, 0.25) is 0 Å². The lowest BCUT2D eigenvalue weighted by Gasteiger charge is -2.15. The van der Waals surface area contributed by atoms with Gasteiger partial charge in [0, 0.05) is 51.0 Å². The summed E-state index contributed by atoms with van der Waals surface area (Å²) >= 11 is 7.12. The predicted octanol–water partition coefficient (Wildman–Crippen LogP) is 6.08. The Bertz CT molecular complexity index is 1090. The standard InChI is InChI=1S/C20H12ClF2NO2S/c21-17-6-5-16(26-17)14-10-27-20(13-4-3-12(22)8-15(13)23)18(14)19(25)11-2-1-7-24-9-11/h1-10,19,25H. The van der Waals surface area contributed by atoms with Gasteiger partial charge in [0.1, 0.15) is 23.5 Å². The summed E-state index contributed by atoms with van der Waals surface area (Å²) in [5, 5.41) is 13.0. The van der Waals surface area contributed by atoms with Gasteiger partial charge < -0.3 is 9.52 Å². The van der Waals surface area contributed by atoms with Crippen LogP contribution in [0, 0.1) is 11.6 Å². The average molecular weight is 404 g/mol. The molecule has 0 saturated carbocycles. The molecular weight excluding hydrogens is 392 g/mol. The Kier molecular flexibility index (Phi) is 4.78. The maximum absolute atomic E-state index is 14.4. The zero-order valence-corrected chi connectivity index (χ0v) is 15.3. The van der Waals surface area contributed by atoms with E-state index in [0.717, 1.165) is 6.07 Å². The molecule has 4 aromatic rings. The number of aliphatic hydroxyl groups is 1. The molecule has 0 amide bonds. The van der Waals surface area contributed by atoms with Crippen molar-refractivity contribution in [3.05, 3.63) is 88.2 Å². The van der Waals surface area contributed by atoms with Gasteiger partial charge in [0.05, 0.1) is 0 Å². The van der Waals surface area contributed by atoms with Crippen molar-refractivity contribution in [3.8, 4) is 21.8 Å². The minimum Gasteiger partial charge on any atom is -0.445 e. The Morgan fingerprint density at radius 1 is 1.11 bits per heavy atom. The third-order valence-electron chi connectivity index (χ3n) is 4.12. The average Bonchev–Trinajstić information content (AvgIpc) is 3.28. The van der Waals surface area contributed by atoms with Gasteiger partial charge in [0.25, 0.3) is 0 Å². The summed E-state index contributed by atoms with van der Waals surface area (Å²) in [6.07, 6.45) is 2.05. The number of aromatic nitrogens is 1. The zero-order chi connectivity index (χ0) is 19.0. The van der Waals surface area contributed by atoms with Gasteiger partial charge >= 0.3 is 0 Å². The van der Waals surface area contributed by atoms with Gasteiger partial charge in [-0.05, 0) is 41.9 Å². The molecule has 1 aromatic carbocycles. The second kappa shape index (κ2) is 7.23. The number of benzene rings is 1. The predicted molar refractivity (Wildman–Crippen MR) is 101 cm³/mol. The smallest absolute Gasteiger partial charge is 0.193 e. The summed E-state index contributed by atoms with van der Waals surface area (Å²) in [5.41, 5.74) is 1.77. The lowest BCUT2D eigenvalue weighted by Crippen LogP contribution is -2.02. The molecular formula is C20H12ClF2NO2S. The number of pyridine rings is 1. The molecule has 0 aliphatic carbocycles. The van der Waals surface area contributed by atoms with E-state index in [-0.39, 0.29) is 10.8 Å². The van der Waals surface area contributed by atoms with Gasteiger partial charge in [-0.1, -0.05) is 6.07 Å². The fourth-order valence-electron chi connectivity index (χ4n) is 2.88. The molecule has 1 N–H and O–H groups in total. The monoisotopic (exact) mass is 403 g/mol. The number of thiophene rings is 1. The SMILES string of the molecule is OC(c1cccnc1)c1c(-c2ccc(Cl)o2)csc1-c1ccc(F)cc1F. The fourth-order valence-corrected chi connectivity index (χ4v) is 4.14. The van der Waals surface area contributed by atoms with Crippen molar-refractivity contribution >= 4 is 22.9 Å². The van der Waals surface area contributed by atoms with Crippen LogP contribution in [0.2, 0.25) is 5.22 Å². The van der Waals surface area contributed by atoms with Crippen LogP contribution in [0.15, 0.2) is 64.7 Å². The highest BCUT2D eigenvalue weighted by Gasteiger charge is 2.26. The first-order chi connectivity index (χ1) is 13.0. The number of hydrogen-bond donors (Lipinski definition) is 1. The number of aliphatic hydroxyl groups excluding tert-OH is 1. The minimum absolute atomic E-state index is 0.197. The van der Waals surface area contributed by atoms with Crippen LogP contribution in [0.1, 0.15) is 17.2 Å². The number of hydrogen-bond acceptors (Lipinski definition) is 4.